The second-order valence-electron chi connectivity index (χ2n) is 4.34. The molecule has 0 fully saturated rings. The maximum absolute atomic E-state index is 11.7. The Kier molecular flexibility index (Phi) is 5.68. The van der Waals surface area contributed by atoms with E-state index in [1.807, 2.05) is 12.1 Å². The first-order chi connectivity index (χ1) is 10.0. The second-order valence-corrected chi connectivity index (χ2v) is 5.62. The highest BCUT2D eigenvalue weighted by atomic mass is 35.5. The molecule has 1 amide bonds. The Morgan fingerprint density at radius 2 is 1.67 bits per heavy atom. The molecule has 1 N–H and O–H groups in total. The summed E-state index contributed by atoms with van der Waals surface area (Å²) in [5.41, 5.74) is 1.72. The van der Waals surface area contributed by atoms with E-state index in [9.17, 15) is 4.79 Å². The largest absolute Gasteiger partial charge is 0.348 e. The van der Waals surface area contributed by atoms with Crippen LogP contribution in [0.4, 0.5) is 0 Å². The molecule has 0 unspecified atom stereocenters. The maximum Gasteiger partial charge on any atom is 0.244 e. The Bertz CT molecular complexity index is 666. The molecule has 2 aromatic rings. The van der Waals surface area contributed by atoms with Crippen molar-refractivity contribution in [3.63, 3.8) is 0 Å². The fourth-order valence-electron chi connectivity index (χ4n) is 1.65. The van der Waals surface area contributed by atoms with Gasteiger partial charge in [0.25, 0.3) is 0 Å². The van der Waals surface area contributed by atoms with Gasteiger partial charge in [0.1, 0.15) is 0 Å². The van der Waals surface area contributed by atoms with Gasteiger partial charge >= 0.3 is 0 Å². The van der Waals surface area contributed by atoms with E-state index in [-0.39, 0.29) is 5.91 Å². The quantitative estimate of drug-likeness (QED) is 0.782. The molecule has 0 spiro atoms. The van der Waals surface area contributed by atoms with Crippen LogP contribution in [0.1, 0.15) is 11.1 Å². The number of rotatable bonds is 4. The van der Waals surface area contributed by atoms with E-state index in [2.05, 4.69) is 5.32 Å². The number of carbonyl (C=O) groups excluding carboxylic acids is 1. The molecule has 2 nitrogen and oxygen atoms in total. The SMILES string of the molecule is O=C(/C=C/c1ccc(Cl)cc1)NCc1ccc(Cl)cc1Cl. The first kappa shape index (κ1) is 15.9. The van der Waals surface area contributed by atoms with Crippen molar-refractivity contribution in [3.05, 3.63) is 74.7 Å². The van der Waals surface area contributed by atoms with Gasteiger partial charge in [0.05, 0.1) is 0 Å². The standard InChI is InChI=1S/C16H12Cl3NO/c17-13-5-1-11(2-6-13)3-8-16(21)20-10-12-4-7-14(18)9-15(12)19/h1-9H,10H2,(H,20,21)/b8-3+. The van der Waals surface area contributed by atoms with E-state index in [0.717, 1.165) is 11.1 Å². The molecular formula is C16H12Cl3NO. The molecule has 0 heterocycles. The zero-order chi connectivity index (χ0) is 15.2. The van der Waals surface area contributed by atoms with Crippen LogP contribution >= 0.6 is 34.8 Å². The van der Waals surface area contributed by atoms with Crippen molar-refractivity contribution < 1.29 is 4.79 Å². The van der Waals surface area contributed by atoms with E-state index in [1.54, 1.807) is 36.4 Å². The van der Waals surface area contributed by atoms with E-state index in [0.29, 0.717) is 21.6 Å². The molecule has 5 heteroatoms. The van der Waals surface area contributed by atoms with Gasteiger partial charge in [-0.25, -0.2) is 0 Å². The predicted octanol–water partition coefficient (Wildman–Crippen LogP) is 4.98. The summed E-state index contributed by atoms with van der Waals surface area (Å²) in [6, 6.07) is 12.4. The number of hydrogen-bond donors (Lipinski definition) is 1. The molecule has 21 heavy (non-hydrogen) atoms. The molecule has 0 aliphatic carbocycles. The molecule has 0 saturated heterocycles. The Hall–Kier alpha value is -1.48. The van der Waals surface area contributed by atoms with Gasteiger partial charge < -0.3 is 5.32 Å². The summed E-state index contributed by atoms with van der Waals surface area (Å²) < 4.78 is 0. The molecule has 0 aromatic heterocycles. The lowest BCUT2D eigenvalue weighted by molar-refractivity contribution is -0.116. The number of benzene rings is 2. The third kappa shape index (κ3) is 5.09. The van der Waals surface area contributed by atoms with Crippen molar-refractivity contribution in [2.24, 2.45) is 0 Å². The molecule has 0 bridgehead atoms. The van der Waals surface area contributed by atoms with Gasteiger partial charge in [-0.05, 0) is 41.5 Å². The zero-order valence-electron chi connectivity index (χ0n) is 10.9. The van der Waals surface area contributed by atoms with Gasteiger partial charge in [0.2, 0.25) is 5.91 Å². The summed E-state index contributed by atoms with van der Waals surface area (Å²) in [6.07, 6.45) is 3.18. The lowest BCUT2D eigenvalue weighted by Crippen LogP contribution is -2.20. The number of halogens is 3. The predicted molar refractivity (Wildman–Crippen MR) is 88.8 cm³/mol. The van der Waals surface area contributed by atoms with Crippen LogP contribution in [0.15, 0.2) is 48.5 Å². The summed E-state index contributed by atoms with van der Waals surface area (Å²) in [5, 5.41) is 4.52. The summed E-state index contributed by atoms with van der Waals surface area (Å²) in [6.45, 7) is 0.347. The normalized spacial score (nSPS) is 10.8. The van der Waals surface area contributed by atoms with E-state index < -0.39 is 0 Å². The van der Waals surface area contributed by atoms with E-state index >= 15 is 0 Å². The van der Waals surface area contributed by atoms with Crippen LogP contribution in [0.25, 0.3) is 6.08 Å². The average Bonchev–Trinajstić information content (AvgIpc) is 2.46. The third-order valence-electron chi connectivity index (χ3n) is 2.77. The Balaban J connectivity index is 1.91. The van der Waals surface area contributed by atoms with Crippen molar-refractivity contribution in [2.45, 2.75) is 6.54 Å². The maximum atomic E-state index is 11.7. The Labute approximate surface area is 138 Å². The first-order valence-electron chi connectivity index (χ1n) is 6.20. The summed E-state index contributed by atoms with van der Waals surface area (Å²) in [4.78, 5) is 11.7. The highest BCUT2D eigenvalue weighted by Crippen LogP contribution is 2.20. The van der Waals surface area contributed by atoms with Crippen LogP contribution in [-0.4, -0.2) is 5.91 Å². The van der Waals surface area contributed by atoms with Crippen molar-refractivity contribution in [1.29, 1.82) is 0 Å². The molecule has 0 saturated carbocycles. The van der Waals surface area contributed by atoms with Gasteiger partial charge in [0, 0.05) is 27.7 Å². The smallest absolute Gasteiger partial charge is 0.244 e. The van der Waals surface area contributed by atoms with E-state index in [4.69, 9.17) is 34.8 Å². The topological polar surface area (TPSA) is 29.1 Å². The highest BCUT2D eigenvalue weighted by molar-refractivity contribution is 6.35. The number of carbonyl (C=O) groups is 1. The third-order valence-corrected chi connectivity index (χ3v) is 3.60. The molecule has 0 aliphatic rings. The first-order valence-corrected chi connectivity index (χ1v) is 7.33. The number of amides is 1. The Morgan fingerprint density at radius 3 is 2.33 bits per heavy atom. The van der Waals surface area contributed by atoms with Crippen LogP contribution in [0.2, 0.25) is 15.1 Å². The van der Waals surface area contributed by atoms with Crippen LogP contribution in [0.5, 0.6) is 0 Å². The molecule has 0 radical (unpaired) electrons. The minimum Gasteiger partial charge on any atom is -0.348 e. The van der Waals surface area contributed by atoms with Gasteiger partial charge in [-0.3, -0.25) is 4.79 Å². The Morgan fingerprint density at radius 1 is 1.00 bits per heavy atom. The van der Waals surface area contributed by atoms with Gasteiger partial charge in [0.15, 0.2) is 0 Å². The van der Waals surface area contributed by atoms with Crippen LogP contribution in [0.3, 0.4) is 0 Å². The van der Waals surface area contributed by atoms with Crippen molar-refractivity contribution in [2.75, 3.05) is 0 Å². The fourth-order valence-corrected chi connectivity index (χ4v) is 2.25. The lowest BCUT2D eigenvalue weighted by Gasteiger charge is -2.05. The van der Waals surface area contributed by atoms with Crippen LogP contribution < -0.4 is 5.32 Å². The van der Waals surface area contributed by atoms with E-state index in [1.165, 1.54) is 6.08 Å². The van der Waals surface area contributed by atoms with Gasteiger partial charge in [-0.2, -0.15) is 0 Å². The van der Waals surface area contributed by atoms with Crippen molar-refractivity contribution >= 4 is 46.8 Å². The average molecular weight is 341 g/mol. The fraction of sp³-hybridized carbons (Fsp3) is 0.0625. The number of nitrogens with one attached hydrogen (secondary N) is 1. The summed E-state index contributed by atoms with van der Waals surface area (Å²) >= 11 is 17.6. The zero-order valence-corrected chi connectivity index (χ0v) is 13.2. The van der Waals surface area contributed by atoms with Gasteiger partial charge in [-0.1, -0.05) is 53.0 Å². The lowest BCUT2D eigenvalue weighted by atomic mass is 10.2. The minimum absolute atomic E-state index is 0.198. The molecule has 2 aromatic carbocycles. The molecule has 0 aliphatic heterocycles. The molecule has 2 rings (SSSR count). The minimum atomic E-state index is -0.198. The van der Waals surface area contributed by atoms with Crippen LogP contribution in [0, 0.1) is 0 Å². The van der Waals surface area contributed by atoms with Crippen molar-refractivity contribution in [1.82, 2.24) is 5.32 Å². The second kappa shape index (κ2) is 7.51. The van der Waals surface area contributed by atoms with Crippen molar-refractivity contribution in [3.8, 4) is 0 Å². The summed E-state index contributed by atoms with van der Waals surface area (Å²) in [5.74, 6) is -0.198. The molecule has 0 atom stereocenters. The number of hydrogen-bond acceptors (Lipinski definition) is 1. The van der Waals surface area contributed by atoms with Crippen LogP contribution in [-0.2, 0) is 11.3 Å². The molecular weight excluding hydrogens is 329 g/mol. The monoisotopic (exact) mass is 339 g/mol. The van der Waals surface area contributed by atoms with Gasteiger partial charge in [-0.15, -0.1) is 0 Å². The summed E-state index contributed by atoms with van der Waals surface area (Å²) in [7, 11) is 0. The molecule has 108 valence electrons. The highest BCUT2D eigenvalue weighted by Gasteiger charge is 2.02.